The minimum Gasteiger partial charge on any atom is -0.324 e. The van der Waals surface area contributed by atoms with Crippen LogP contribution in [0.25, 0.3) is 0 Å². The number of carbonyl (C=O) groups excluding carboxylic acids is 1. The summed E-state index contributed by atoms with van der Waals surface area (Å²) in [6.07, 6.45) is 0. The van der Waals surface area contributed by atoms with Crippen molar-refractivity contribution in [3.8, 4) is 0 Å². The molecule has 0 aliphatic heterocycles. The van der Waals surface area contributed by atoms with Crippen LogP contribution in [0.2, 0.25) is 5.02 Å². The van der Waals surface area contributed by atoms with Crippen molar-refractivity contribution in [2.24, 2.45) is 7.05 Å². The molecule has 2 N–H and O–H groups in total. The maximum Gasteiger partial charge on any atom is 0.343 e. The monoisotopic (exact) mass is 312 g/mol. The van der Waals surface area contributed by atoms with Crippen LogP contribution in [0.5, 0.6) is 0 Å². The number of hydrogen-bond acceptors (Lipinski definition) is 4. The highest BCUT2D eigenvalue weighted by molar-refractivity contribution is 7.99. The van der Waals surface area contributed by atoms with E-state index in [1.807, 2.05) is 13.0 Å². The Kier molecular flexibility index (Phi) is 4.51. The average Bonchev–Trinajstić information content (AvgIpc) is 2.71. The summed E-state index contributed by atoms with van der Waals surface area (Å²) in [6, 6.07) is 5.40. The van der Waals surface area contributed by atoms with E-state index >= 15 is 0 Å². The van der Waals surface area contributed by atoms with Crippen LogP contribution in [0.15, 0.2) is 28.2 Å². The van der Waals surface area contributed by atoms with Crippen molar-refractivity contribution >= 4 is 35.0 Å². The second-order valence-electron chi connectivity index (χ2n) is 4.19. The number of aromatic amines is 1. The number of amides is 1. The van der Waals surface area contributed by atoms with Gasteiger partial charge in [0.1, 0.15) is 0 Å². The zero-order valence-corrected chi connectivity index (χ0v) is 12.5. The van der Waals surface area contributed by atoms with Crippen molar-refractivity contribution in [3.05, 3.63) is 39.3 Å². The molecule has 8 heteroatoms. The molecule has 2 rings (SSSR count). The Morgan fingerprint density at radius 3 is 2.90 bits per heavy atom. The number of H-pyrrole nitrogens is 1. The Bertz CT molecular complexity index is 695. The first kappa shape index (κ1) is 14.7. The van der Waals surface area contributed by atoms with Gasteiger partial charge in [0.25, 0.3) is 0 Å². The summed E-state index contributed by atoms with van der Waals surface area (Å²) in [6.45, 7) is 1.92. The molecule has 0 spiro atoms. The molecule has 0 aliphatic carbocycles. The van der Waals surface area contributed by atoms with Crippen LogP contribution in [0.1, 0.15) is 5.56 Å². The number of thioether (sulfide) groups is 1. The van der Waals surface area contributed by atoms with Gasteiger partial charge in [0.15, 0.2) is 5.16 Å². The molecule has 0 radical (unpaired) electrons. The van der Waals surface area contributed by atoms with Crippen molar-refractivity contribution in [1.29, 1.82) is 0 Å². The number of carbonyl (C=O) groups is 1. The highest BCUT2D eigenvalue weighted by Gasteiger charge is 2.10. The van der Waals surface area contributed by atoms with Gasteiger partial charge in [-0.25, -0.2) is 9.89 Å². The number of benzene rings is 1. The first-order valence-corrected chi connectivity index (χ1v) is 7.14. The Hall–Kier alpha value is -1.73. The molecule has 1 heterocycles. The minimum absolute atomic E-state index is 0.141. The van der Waals surface area contributed by atoms with Crippen molar-refractivity contribution in [2.45, 2.75) is 12.1 Å². The normalized spacial score (nSPS) is 10.6. The van der Waals surface area contributed by atoms with Crippen molar-refractivity contribution in [3.63, 3.8) is 0 Å². The molecule has 0 bridgehead atoms. The van der Waals surface area contributed by atoms with Gasteiger partial charge in [-0.3, -0.25) is 9.36 Å². The topological polar surface area (TPSA) is 79.8 Å². The summed E-state index contributed by atoms with van der Waals surface area (Å²) in [5.41, 5.74) is 1.28. The Balaban J connectivity index is 1.96. The molecule has 0 unspecified atom stereocenters. The molecule has 1 amide bonds. The summed E-state index contributed by atoms with van der Waals surface area (Å²) >= 11 is 7.20. The van der Waals surface area contributed by atoms with Crippen LogP contribution in [0.4, 0.5) is 5.69 Å². The third kappa shape index (κ3) is 3.43. The first-order valence-electron chi connectivity index (χ1n) is 5.77. The molecule has 0 atom stereocenters. The molecule has 6 nitrogen and oxygen atoms in total. The van der Waals surface area contributed by atoms with E-state index < -0.39 is 0 Å². The average molecular weight is 313 g/mol. The number of aromatic nitrogens is 3. The van der Waals surface area contributed by atoms with Gasteiger partial charge in [-0.15, -0.1) is 5.10 Å². The van der Waals surface area contributed by atoms with Gasteiger partial charge in [0.2, 0.25) is 5.91 Å². The maximum atomic E-state index is 11.8. The molecular formula is C12H13ClN4O2S. The van der Waals surface area contributed by atoms with E-state index in [9.17, 15) is 9.59 Å². The second-order valence-corrected chi connectivity index (χ2v) is 5.54. The van der Waals surface area contributed by atoms with Gasteiger partial charge in [-0.1, -0.05) is 29.4 Å². The van der Waals surface area contributed by atoms with Crippen LogP contribution in [-0.2, 0) is 11.8 Å². The lowest BCUT2D eigenvalue weighted by Gasteiger charge is -2.07. The number of hydrogen-bond donors (Lipinski definition) is 2. The Morgan fingerprint density at radius 1 is 1.55 bits per heavy atom. The van der Waals surface area contributed by atoms with Crippen LogP contribution >= 0.6 is 23.4 Å². The molecule has 106 valence electrons. The molecule has 1 aromatic heterocycles. The highest BCUT2D eigenvalue weighted by Crippen LogP contribution is 2.23. The van der Waals surface area contributed by atoms with Gasteiger partial charge in [0.05, 0.1) is 16.5 Å². The van der Waals surface area contributed by atoms with Gasteiger partial charge in [-0.05, 0) is 24.6 Å². The lowest BCUT2D eigenvalue weighted by atomic mass is 10.2. The standard InChI is InChI=1S/C12H13ClN4O2S/c1-7-3-4-9(8(13)5-7)14-10(18)6-20-12-16-15-11(19)17(12)2/h3-5H,6H2,1-2H3,(H,14,18)(H,15,19). The molecule has 1 aromatic carbocycles. The molecule has 0 saturated carbocycles. The summed E-state index contributed by atoms with van der Waals surface area (Å²) in [4.78, 5) is 23.0. The zero-order chi connectivity index (χ0) is 14.7. The van der Waals surface area contributed by atoms with Gasteiger partial charge < -0.3 is 5.32 Å². The first-order chi connectivity index (χ1) is 9.47. The molecular weight excluding hydrogens is 300 g/mol. The number of aryl methyl sites for hydroxylation is 1. The number of halogens is 1. The summed E-state index contributed by atoms with van der Waals surface area (Å²) in [5, 5.41) is 9.79. The van der Waals surface area contributed by atoms with Gasteiger partial charge in [0, 0.05) is 7.05 Å². The number of rotatable bonds is 4. The van der Waals surface area contributed by atoms with E-state index in [1.165, 1.54) is 16.3 Å². The quantitative estimate of drug-likeness (QED) is 0.844. The third-order valence-corrected chi connectivity index (χ3v) is 3.91. The van der Waals surface area contributed by atoms with E-state index in [0.717, 1.165) is 5.56 Å². The summed E-state index contributed by atoms with van der Waals surface area (Å²) in [5.74, 6) is -0.0706. The summed E-state index contributed by atoms with van der Waals surface area (Å²) < 4.78 is 1.34. The third-order valence-electron chi connectivity index (χ3n) is 2.57. The Labute approximate surface area is 124 Å². The Morgan fingerprint density at radius 2 is 2.30 bits per heavy atom. The smallest absolute Gasteiger partial charge is 0.324 e. The predicted molar refractivity (Wildman–Crippen MR) is 79.4 cm³/mol. The molecule has 0 saturated heterocycles. The van der Waals surface area contributed by atoms with E-state index in [-0.39, 0.29) is 17.3 Å². The fourth-order valence-electron chi connectivity index (χ4n) is 1.50. The van der Waals surface area contributed by atoms with Crippen LogP contribution < -0.4 is 11.0 Å². The van der Waals surface area contributed by atoms with E-state index in [4.69, 9.17) is 11.6 Å². The van der Waals surface area contributed by atoms with Gasteiger partial charge >= 0.3 is 5.69 Å². The maximum absolute atomic E-state index is 11.8. The number of nitrogens with one attached hydrogen (secondary N) is 2. The minimum atomic E-state index is -0.311. The lowest BCUT2D eigenvalue weighted by Crippen LogP contribution is -2.16. The predicted octanol–water partition coefficient (Wildman–Crippen LogP) is 1.80. The highest BCUT2D eigenvalue weighted by atomic mass is 35.5. The largest absolute Gasteiger partial charge is 0.343 e. The van der Waals surface area contributed by atoms with Crippen LogP contribution in [0, 0.1) is 6.92 Å². The summed E-state index contributed by atoms with van der Waals surface area (Å²) in [7, 11) is 1.59. The fourth-order valence-corrected chi connectivity index (χ4v) is 2.50. The SMILES string of the molecule is Cc1ccc(NC(=O)CSc2n[nH]c(=O)n2C)c(Cl)c1. The fraction of sp³-hybridized carbons (Fsp3) is 0.250. The van der Waals surface area contributed by atoms with Gasteiger partial charge in [-0.2, -0.15) is 0 Å². The number of nitrogens with zero attached hydrogens (tertiary/aromatic N) is 2. The van der Waals surface area contributed by atoms with E-state index in [0.29, 0.717) is 15.9 Å². The van der Waals surface area contributed by atoms with E-state index in [1.54, 1.807) is 19.2 Å². The molecule has 20 heavy (non-hydrogen) atoms. The van der Waals surface area contributed by atoms with Crippen molar-refractivity contribution < 1.29 is 4.79 Å². The van der Waals surface area contributed by atoms with Crippen molar-refractivity contribution in [1.82, 2.24) is 14.8 Å². The van der Waals surface area contributed by atoms with Crippen LogP contribution in [-0.4, -0.2) is 26.4 Å². The molecule has 2 aromatic rings. The van der Waals surface area contributed by atoms with E-state index in [2.05, 4.69) is 15.5 Å². The molecule has 0 fully saturated rings. The van der Waals surface area contributed by atoms with Crippen LogP contribution in [0.3, 0.4) is 0 Å². The van der Waals surface area contributed by atoms with Crippen molar-refractivity contribution in [2.75, 3.05) is 11.1 Å². The zero-order valence-electron chi connectivity index (χ0n) is 10.9. The second kappa shape index (κ2) is 6.15. The number of anilines is 1. The molecule has 0 aliphatic rings. The lowest BCUT2D eigenvalue weighted by molar-refractivity contribution is -0.113.